The van der Waals surface area contributed by atoms with Crippen molar-refractivity contribution < 1.29 is 42.1 Å². The second kappa shape index (κ2) is 32.4. The maximum Gasteiger partial charge on any atom is 0.472 e. The van der Waals surface area contributed by atoms with E-state index in [1.165, 1.54) is 70.6 Å². The summed E-state index contributed by atoms with van der Waals surface area (Å²) < 4.78 is 34.1. The van der Waals surface area contributed by atoms with Crippen molar-refractivity contribution in [3.63, 3.8) is 0 Å². The normalized spacial score (nSPS) is 14.0. The van der Waals surface area contributed by atoms with Gasteiger partial charge in [0.1, 0.15) is 19.8 Å². The molecule has 0 heterocycles. The number of hydrogen-bond donors (Lipinski definition) is 1. The Morgan fingerprint density at radius 1 is 0.633 bits per heavy atom. The van der Waals surface area contributed by atoms with Crippen molar-refractivity contribution in [1.29, 1.82) is 0 Å². The highest BCUT2D eigenvalue weighted by atomic mass is 31.2. The quantitative estimate of drug-likeness (QED) is 0.0227. The Balaban J connectivity index is 4.45. The first-order valence-corrected chi connectivity index (χ1v) is 21.1. The number of unbranched alkanes of at least 4 members (excludes halogenated alkanes) is 17. The first-order chi connectivity index (χ1) is 23.5. The zero-order valence-electron chi connectivity index (χ0n) is 32.2. The maximum absolute atomic E-state index is 12.6. The lowest BCUT2D eigenvalue weighted by atomic mass is 10.1. The molecule has 9 nitrogen and oxygen atoms in total. The number of carbonyl (C=O) groups is 2. The Morgan fingerprint density at radius 2 is 1.10 bits per heavy atom. The maximum atomic E-state index is 12.6. The van der Waals surface area contributed by atoms with Gasteiger partial charge in [-0.1, -0.05) is 128 Å². The van der Waals surface area contributed by atoms with Gasteiger partial charge in [0, 0.05) is 12.8 Å². The molecular weight excluding hydrogens is 641 g/mol. The molecule has 0 spiro atoms. The number of allylic oxidation sites excluding steroid dienone is 4. The van der Waals surface area contributed by atoms with Crippen molar-refractivity contribution in [3.05, 3.63) is 24.3 Å². The van der Waals surface area contributed by atoms with E-state index in [0.717, 1.165) is 57.8 Å². The lowest BCUT2D eigenvalue weighted by Crippen LogP contribution is -2.37. The van der Waals surface area contributed by atoms with Crippen molar-refractivity contribution in [2.24, 2.45) is 0 Å². The first-order valence-electron chi connectivity index (χ1n) is 19.6. The fourth-order valence-electron chi connectivity index (χ4n) is 5.10. The second-order valence-corrected chi connectivity index (χ2v) is 15.8. The fourth-order valence-corrected chi connectivity index (χ4v) is 5.84. The van der Waals surface area contributed by atoms with E-state index >= 15 is 0 Å². The molecule has 0 aromatic heterocycles. The summed E-state index contributed by atoms with van der Waals surface area (Å²) in [5, 5.41) is 0. The predicted octanol–water partition coefficient (Wildman–Crippen LogP) is 10.4. The molecule has 0 bridgehead atoms. The van der Waals surface area contributed by atoms with Crippen molar-refractivity contribution in [1.82, 2.24) is 0 Å². The van der Waals surface area contributed by atoms with Crippen LogP contribution in [0.4, 0.5) is 0 Å². The van der Waals surface area contributed by atoms with Gasteiger partial charge in [-0.25, -0.2) is 4.57 Å². The molecule has 0 aliphatic rings. The van der Waals surface area contributed by atoms with Gasteiger partial charge < -0.3 is 18.9 Å². The number of ether oxygens (including phenoxy) is 2. The molecule has 0 radical (unpaired) electrons. The van der Waals surface area contributed by atoms with Gasteiger partial charge in [0.2, 0.25) is 0 Å². The molecule has 0 amide bonds. The van der Waals surface area contributed by atoms with Crippen molar-refractivity contribution in [3.8, 4) is 0 Å². The van der Waals surface area contributed by atoms with Crippen LogP contribution in [0.2, 0.25) is 0 Å². The Bertz CT molecular complexity index is 902. The minimum Gasteiger partial charge on any atom is -0.462 e. The van der Waals surface area contributed by atoms with Gasteiger partial charge in [0.05, 0.1) is 27.7 Å². The van der Waals surface area contributed by atoms with E-state index in [0.29, 0.717) is 17.4 Å². The van der Waals surface area contributed by atoms with Crippen LogP contribution in [-0.2, 0) is 32.7 Å². The molecule has 0 fully saturated rings. The summed E-state index contributed by atoms with van der Waals surface area (Å²) in [5.74, 6) is -0.815. The second-order valence-electron chi connectivity index (χ2n) is 14.3. The van der Waals surface area contributed by atoms with Crippen LogP contribution in [-0.4, -0.2) is 74.9 Å². The van der Waals surface area contributed by atoms with Gasteiger partial charge in [-0.15, -0.1) is 0 Å². The van der Waals surface area contributed by atoms with Crippen LogP contribution in [0.25, 0.3) is 0 Å². The van der Waals surface area contributed by atoms with Gasteiger partial charge in [0.15, 0.2) is 6.10 Å². The summed E-state index contributed by atoms with van der Waals surface area (Å²) in [5.41, 5.74) is 0. The van der Waals surface area contributed by atoms with Crippen LogP contribution in [0.3, 0.4) is 0 Å². The standard InChI is InChI=1S/C39H74NO8P/c1-6-8-10-12-14-16-18-19-20-21-22-24-26-28-30-32-39(42)48-37(36-47-49(43,44)46-34-33-40(3,4)5)35-45-38(41)31-29-27-25-23-17-15-13-11-9-7-2/h14,16,19-20,37H,6-13,15,17-18,21-36H2,1-5H3/p+1/b16-14-,20-19-/t37-/m1/s1. The van der Waals surface area contributed by atoms with Crippen LogP contribution in [0, 0.1) is 0 Å². The van der Waals surface area contributed by atoms with E-state index in [4.69, 9.17) is 18.5 Å². The molecule has 10 heteroatoms. The predicted molar refractivity (Wildman–Crippen MR) is 201 cm³/mol. The van der Waals surface area contributed by atoms with Crippen LogP contribution in [0.5, 0.6) is 0 Å². The molecule has 288 valence electrons. The molecular formula is C39H75NO8P+. The summed E-state index contributed by atoms with van der Waals surface area (Å²) in [4.78, 5) is 35.1. The fraction of sp³-hybridized carbons (Fsp3) is 0.846. The average Bonchev–Trinajstić information content (AvgIpc) is 3.04. The molecule has 1 unspecified atom stereocenters. The van der Waals surface area contributed by atoms with E-state index < -0.39 is 26.5 Å². The van der Waals surface area contributed by atoms with Crippen molar-refractivity contribution in [2.45, 2.75) is 168 Å². The highest BCUT2D eigenvalue weighted by molar-refractivity contribution is 7.47. The summed E-state index contributed by atoms with van der Waals surface area (Å²) >= 11 is 0. The van der Waals surface area contributed by atoms with E-state index in [1.54, 1.807) is 0 Å². The van der Waals surface area contributed by atoms with Gasteiger partial charge >= 0.3 is 19.8 Å². The number of nitrogens with zero attached hydrogens (tertiary/aromatic N) is 1. The zero-order valence-corrected chi connectivity index (χ0v) is 33.1. The van der Waals surface area contributed by atoms with Crippen LogP contribution >= 0.6 is 7.82 Å². The number of likely N-dealkylation sites (N-methyl/N-ethyl adjacent to an activating group) is 1. The van der Waals surface area contributed by atoms with Crippen LogP contribution in [0.15, 0.2) is 24.3 Å². The van der Waals surface area contributed by atoms with E-state index in [2.05, 4.69) is 38.2 Å². The molecule has 49 heavy (non-hydrogen) atoms. The molecule has 0 aliphatic carbocycles. The molecule has 2 atom stereocenters. The minimum atomic E-state index is -4.37. The Kier molecular flexibility index (Phi) is 31.4. The Labute approximate surface area is 300 Å². The lowest BCUT2D eigenvalue weighted by molar-refractivity contribution is -0.870. The Hall–Kier alpha value is -1.51. The summed E-state index contributed by atoms with van der Waals surface area (Å²) in [6, 6.07) is 0. The third-order valence-corrected chi connectivity index (χ3v) is 9.22. The van der Waals surface area contributed by atoms with Gasteiger partial charge in [0.25, 0.3) is 0 Å². The number of rotatable bonds is 35. The molecule has 0 aromatic carbocycles. The molecule has 1 N–H and O–H groups in total. The highest BCUT2D eigenvalue weighted by Gasteiger charge is 2.27. The third-order valence-electron chi connectivity index (χ3n) is 8.23. The molecule has 0 aromatic rings. The molecule has 0 saturated carbocycles. The van der Waals surface area contributed by atoms with Crippen LogP contribution < -0.4 is 0 Å². The van der Waals surface area contributed by atoms with Gasteiger partial charge in [-0.05, 0) is 44.9 Å². The minimum absolute atomic E-state index is 0.0302. The molecule has 0 aliphatic heterocycles. The SMILES string of the molecule is CCCCC/C=C\C/C=C\CCCCCCCC(=O)O[C@H](COC(=O)CCCCCCCCCCCC)COP(=O)(O)OCC[N+](C)(C)C. The van der Waals surface area contributed by atoms with E-state index in [9.17, 15) is 19.0 Å². The topological polar surface area (TPSA) is 108 Å². The summed E-state index contributed by atoms with van der Waals surface area (Å²) in [6.45, 7) is 4.35. The largest absolute Gasteiger partial charge is 0.472 e. The smallest absolute Gasteiger partial charge is 0.462 e. The number of quaternary nitrogens is 1. The monoisotopic (exact) mass is 717 g/mol. The lowest BCUT2D eigenvalue weighted by Gasteiger charge is -2.24. The third kappa shape index (κ3) is 36.1. The van der Waals surface area contributed by atoms with Crippen molar-refractivity contribution in [2.75, 3.05) is 47.5 Å². The van der Waals surface area contributed by atoms with E-state index in [1.807, 2.05) is 21.1 Å². The average molecular weight is 717 g/mol. The number of esters is 2. The van der Waals surface area contributed by atoms with Crippen LogP contribution in [0.1, 0.15) is 162 Å². The number of phosphoric acid groups is 1. The highest BCUT2D eigenvalue weighted by Crippen LogP contribution is 2.43. The number of carbonyl (C=O) groups excluding carboxylic acids is 2. The summed E-state index contributed by atoms with van der Waals surface area (Å²) in [7, 11) is 1.47. The molecule has 0 saturated heterocycles. The number of hydrogen-bond acceptors (Lipinski definition) is 7. The van der Waals surface area contributed by atoms with E-state index in [-0.39, 0.29) is 32.0 Å². The zero-order chi connectivity index (χ0) is 36.5. The summed E-state index contributed by atoms with van der Waals surface area (Å²) in [6.07, 6.45) is 32.2. The first kappa shape index (κ1) is 47.5. The number of phosphoric ester groups is 1. The van der Waals surface area contributed by atoms with Crippen molar-refractivity contribution >= 4 is 19.8 Å². The van der Waals surface area contributed by atoms with Gasteiger partial charge in [-0.3, -0.25) is 18.6 Å². The van der Waals surface area contributed by atoms with Gasteiger partial charge in [-0.2, -0.15) is 0 Å². The molecule has 0 rings (SSSR count). The Morgan fingerprint density at radius 3 is 1.65 bits per heavy atom.